The fourth-order valence-corrected chi connectivity index (χ4v) is 3.37. The van der Waals surface area contributed by atoms with E-state index in [0.29, 0.717) is 5.75 Å². The molecule has 0 N–H and O–H groups in total. The lowest BCUT2D eigenvalue weighted by molar-refractivity contribution is 0.0916. The van der Waals surface area contributed by atoms with Crippen molar-refractivity contribution in [3.8, 4) is 5.75 Å². The van der Waals surface area contributed by atoms with E-state index in [9.17, 15) is 9.18 Å². The van der Waals surface area contributed by atoms with Gasteiger partial charge in [0.25, 0.3) is 0 Å². The van der Waals surface area contributed by atoms with Gasteiger partial charge in [-0.15, -0.1) is 0 Å². The van der Waals surface area contributed by atoms with Crippen LogP contribution in [0, 0.1) is 12.7 Å². The molecule has 0 atom stereocenters. The Morgan fingerprint density at radius 1 is 1.20 bits per heavy atom. The Kier molecular flexibility index (Phi) is 4.94. The van der Waals surface area contributed by atoms with E-state index < -0.39 is 11.6 Å². The van der Waals surface area contributed by atoms with Gasteiger partial charge < -0.3 is 4.74 Å². The van der Waals surface area contributed by atoms with Crippen LogP contribution in [0.2, 0.25) is 0 Å². The first kappa shape index (κ1) is 15.2. The first-order valence-electron chi connectivity index (χ1n) is 5.85. The van der Waals surface area contributed by atoms with E-state index in [0.717, 1.165) is 14.5 Å². The monoisotopic (exact) mass is 400 g/mol. The number of carbonyl (C=O) groups excluding carboxylic acids is 1. The maximum atomic E-state index is 13.5. The van der Waals surface area contributed by atoms with Crippen LogP contribution in [-0.2, 0) is 0 Å². The molecule has 0 saturated heterocycles. The van der Waals surface area contributed by atoms with E-state index in [1.807, 2.05) is 19.1 Å². The molecule has 0 aliphatic heterocycles. The fraction of sp³-hybridized carbons (Fsp3) is 0.133. The number of halogens is 3. The van der Waals surface area contributed by atoms with Gasteiger partial charge in [0.1, 0.15) is 11.6 Å². The van der Waals surface area contributed by atoms with Crippen molar-refractivity contribution in [1.82, 2.24) is 0 Å². The zero-order chi connectivity index (χ0) is 14.7. The molecule has 0 radical (unpaired) electrons. The number of ketones is 1. The number of benzene rings is 2. The number of Topliss-reactive ketones (excluding diaryl/α,β-unsaturated/α-hetero) is 1. The first-order chi connectivity index (χ1) is 9.49. The van der Waals surface area contributed by atoms with E-state index in [-0.39, 0.29) is 12.2 Å². The quantitative estimate of drug-likeness (QED) is 0.679. The topological polar surface area (TPSA) is 26.3 Å². The number of hydrogen-bond acceptors (Lipinski definition) is 2. The first-order valence-corrected chi connectivity index (χ1v) is 7.44. The SMILES string of the molecule is Cc1cc(Br)c(OCC(=O)c2ccccc2F)c(Br)c1. The summed E-state index contributed by atoms with van der Waals surface area (Å²) >= 11 is 6.76. The molecule has 0 heterocycles. The standard InChI is InChI=1S/C15H11Br2FO2/c1-9-6-11(16)15(12(17)7-9)20-8-14(19)10-4-2-3-5-13(10)18/h2-7H,8H2,1H3. The predicted molar refractivity (Wildman–Crippen MR) is 82.8 cm³/mol. The van der Waals surface area contributed by atoms with Gasteiger partial charge in [-0.3, -0.25) is 4.79 Å². The Bertz CT molecular complexity index is 633. The van der Waals surface area contributed by atoms with E-state index in [2.05, 4.69) is 31.9 Å². The van der Waals surface area contributed by atoms with Crippen LogP contribution in [0.5, 0.6) is 5.75 Å². The highest BCUT2D eigenvalue weighted by atomic mass is 79.9. The average molecular weight is 402 g/mol. The van der Waals surface area contributed by atoms with E-state index in [1.54, 1.807) is 12.1 Å². The second-order valence-electron chi connectivity index (χ2n) is 4.25. The molecule has 0 bridgehead atoms. The summed E-state index contributed by atoms with van der Waals surface area (Å²) in [5, 5.41) is 0. The van der Waals surface area contributed by atoms with Crippen LogP contribution < -0.4 is 4.74 Å². The lowest BCUT2D eigenvalue weighted by Gasteiger charge is -2.11. The maximum absolute atomic E-state index is 13.5. The van der Waals surface area contributed by atoms with Crippen molar-refractivity contribution in [3.05, 3.63) is 62.3 Å². The molecule has 0 aromatic heterocycles. The van der Waals surface area contributed by atoms with Crippen molar-refractivity contribution in [3.63, 3.8) is 0 Å². The van der Waals surface area contributed by atoms with Crippen LogP contribution in [0.15, 0.2) is 45.3 Å². The number of hydrogen-bond donors (Lipinski definition) is 0. The molecule has 5 heteroatoms. The van der Waals surface area contributed by atoms with Gasteiger partial charge in [-0.1, -0.05) is 12.1 Å². The van der Waals surface area contributed by atoms with Crippen molar-refractivity contribution < 1.29 is 13.9 Å². The van der Waals surface area contributed by atoms with Crippen LogP contribution in [0.4, 0.5) is 4.39 Å². The van der Waals surface area contributed by atoms with Crippen LogP contribution >= 0.6 is 31.9 Å². The molecule has 0 unspecified atom stereocenters. The largest absolute Gasteiger partial charge is 0.483 e. The number of aryl methyl sites for hydroxylation is 1. The summed E-state index contributed by atoms with van der Waals surface area (Å²) in [5.74, 6) is -0.411. The molecule has 0 aliphatic carbocycles. The normalized spacial score (nSPS) is 10.4. The molecular formula is C15H11Br2FO2. The van der Waals surface area contributed by atoms with Gasteiger partial charge in [0.2, 0.25) is 5.78 Å². The summed E-state index contributed by atoms with van der Waals surface area (Å²) in [6.45, 7) is 1.73. The van der Waals surface area contributed by atoms with Crippen molar-refractivity contribution in [2.75, 3.05) is 6.61 Å². The van der Waals surface area contributed by atoms with E-state index >= 15 is 0 Å². The van der Waals surface area contributed by atoms with Crippen LogP contribution in [0.1, 0.15) is 15.9 Å². The van der Waals surface area contributed by atoms with Gasteiger partial charge >= 0.3 is 0 Å². The third-order valence-corrected chi connectivity index (χ3v) is 3.84. The molecule has 0 amide bonds. The molecule has 0 saturated carbocycles. The third kappa shape index (κ3) is 3.46. The fourth-order valence-electron chi connectivity index (χ4n) is 1.73. The highest BCUT2D eigenvalue weighted by Crippen LogP contribution is 2.34. The molecule has 20 heavy (non-hydrogen) atoms. The van der Waals surface area contributed by atoms with Gasteiger partial charge in [0.15, 0.2) is 6.61 Å². The molecule has 2 aromatic rings. The molecule has 104 valence electrons. The Balaban J connectivity index is 2.14. The molecule has 2 nitrogen and oxygen atoms in total. The summed E-state index contributed by atoms with van der Waals surface area (Å²) in [5.41, 5.74) is 1.09. The van der Waals surface area contributed by atoms with Gasteiger partial charge in [-0.25, -0.2) is 4.39 Å². The lowest BCUT2D eigenvalue weighted by atomic mass is 10.1. The molecule has 2 aromatic carbocycles. The zero-order valence-corrected chi connectivity index (χ0v) is 13.8. The van der Waals surface area contributed by atoms with Gasteiger partial charge in [0, 0.05) is 0 Å². The molecule has 0 fully saturated rings. The van der Waals surface area contributed by atoms with Crippen LogP contribution in [-0.4, -0.2) is 12.4 Å². The van der Waals surface area contributed by atoms with Gasteiger partial charge in [-0.05, 0) is 68.6 Å². The highest BCUT2D eigenvalue weighted by molar-refractivity contribution is 9.11. The number of rotatable bonds is 4. The third-order valence-electron chi connectivity index (χ3n) is 2.66. The summed E-state index contributed by atoms with van der Waals surface area (Å²) < 4.78 is 20.4. The van der Waals surface area contributed by atoms with Crippen molar-refractivity contribution >= 4 is 37.6 Å². The molecule has 0 aliphatic rings. The Hall–Kier alpha value is -1.20. The minimum absolute atomic E-state index is 0.0341. The van der Waals surface area contributed by atoms with Crippen LogP contribution in [0.25, 0.3) is 0 Å². The second kappa shape index (κ2) is 6.50. The summed E-state index contributed by atoms with van der Waals surface area (Å²) in [4.78, 5) is 11.9. The van der Waals surface area contributed by atoms with Gasteiger partial charge in [-0.2, -0.15) is 0 Å². The maximum Gasteiger partial charge on any atom is 0.203 e. The second-order valence-corrected chi connectivity index (χ2v) is 5.96. The van der Waals surface area contributed by atoms with E-state index in [4.69, 9.17) is 4.74 Å². The molecule has 2 rings (SSSR count). The molecular weight excluding hydrogens is 391 g/mol. The zero-order valence-electron chi connectivity index (χ0n) is 10.6. The Labute approximate surface area is 133 Å². The van der Waals surface area contributed by atoms with E-state index in [1.165, 1.54) is 12.1 Å². The van der Waals surface area contributed by atoms with Crippen molar-refractivity contribution in [1.29, 1.82) is 0 Å². The molecule has 0 spiro atoms. The lowest BCUT2D eigenvalue weighted by Crippen LogP contribution is -2.13. The average Bonchev–Trinajstić information content (AvgIpc) is 2.37. The number of carbonyl (C=O) groups is 1. The minimum Gasteiger partial charge on any atom is -0.483 e. The van der Waals surface area contributed by atoms with Crippen molar-refractivity contribution in [2.45, 2.75) is 6.92 Å². The summed E-state index contributed by atoms with van der Waals surface area (Å²) in [6, 6.07) is 9.63. The Morgan fingerprint density at radius 2 is 1.80 bits per heavy atom. The summed E-state index contributed by atoms with van der Waals surface area (Å²) in [6.07, 6.45) is 0. The summed E-state index contributed by atoms with van der Waals surface area (Å²) in [7, 11) is 0. The van der Waals surface area contributed by atoms with Crippen molar-refractivity contribution in [2.24, 2.45) is 0 Å². The van der Waals surface area contributed by atoms with Crippen LogP contribution in [0.3, 0.4) is 0 Å². The highest BCUT2D eigenvalue weighted by Gasteiger charge is 2.14. The minimum atomic E-state index is -0.539. The predicted octanol–water partition coefficient (Wildman–Crippen LogP) is 4.92. The Morgan fingerprint density at radius 3 is 2.40 bits per heavy atom. The van der Waals surface area contributed by atoms with Gasteiger partial charge in [0.05, 0.1) is 14.5 Å². The number of ether oxygens (including phenoxy) is 1. The smallest absolute Gasteiger partial charge is 0.203 e.